The molecule has 6 heteroatoms. The lowest BCUT2D eigenvalue weighted by Gasteiger charge is -2.07. The van der Waals surface area contributed by atoms with Crippen molar-refractivity contribution in [3.05, 3.63) is 48.8 Å². The highest BCUT2D eigenvalue weighted by Crippen LogP contribution is 2.20. The van der Waals surface area contributed by atoms with Gasteiger partial charge in [-0.2, -0.15) is 0 Å². The zero-order valence-electron chi connectivity index (χ0n) is 20.8. The highest BCUT2D eigenvalue weighted by Gasteiger charge is 2.05. The minimum atomic E-state index is -0.361. The quantitative estimate of drug-likeness (QED) is 0.102. The molecule has 0 aliphatic carbocycles. The summed E-state index contributed by atoms with van der Waals surface area (Å²) in [5.41, 5.74) is 0.845. The van der Waals surface area contributed by atoms with Gasteiger partial charge in [-0.3, -0.25) is 0 Å². The summed E-state index contributed by atoms with van der Waals surface area (Å²) < 4.78 is 16.7. The maximum Gasteiger partial charge on any atom is 0.335 e. The minimum Gasteiger partial charge on any atom is -0.490 e. The second-order valence-corrected chi connectivity index (χ2v) is 8.31. The number of rotatable bonds is 18. The molecule has 1 aromatic carbocycles. The highest BCUT2D eigenvalue weighted by atomic mass is 16.5. The predicted octanol–water partition coefficient (Wildman–Crippen LogP) is 6.94. The molecule has 0 aliphatic heterocycles. The lowest BCUT2D eigenvalue weighted by atomic mass is 10.2. The molecule has 0 saturated heterocycles. The van der Waals surface area contributed by atoms with Gasteiger partial charge in [0.15, 0.2) is 11.6 Å². The molecule has 2 rings (SSSR count). The lowest BCUT2D eigenvalue weighted by molar-refractivity contribution is -0.129. The third kappa shape index (κ3) is 11.9. The van der Waals surface area contributed by atoms with Crippen LogP contribution in [0.15, 0.2) is 48.8 Å². The molecule has 0 saturated carbocycles. The van der Waals surface area contributed by atoms with Crippen LogP contribution in [-0.4, -0.2) is 35.8 Å². The first-order valence-electron chi connectivity index (χ1n) is 12.7. The number of hydrogen-bond donors (Lipinski definition) is 0. The molecule has 2 aromatic rings. The number of benzene rings is 1. The number of ether oxygens (including phenoxy) is 3. The molecule has 0 spiro atoms. The van der Waals surface area contributed by atoms with Crippen LogP contribution in [0.3, 0.4) is 0 Å². The molecule has 0 bridgehead atoms. The normalized spacial score (nSPS) is 11.1. The van der Waals surface area contributed by atoms with Crippen molar-refractivity contribution in [2.75, 3.05) is 19.8 Å². The van der Waals surface area contributed by atoms with Gasteiger partial charge in [-0.1, -0.05) is 52.0 Å². The highest BCUT2D eigenvalue weighted by molar-refractivity contribution is 5.84. The Bertz CT molecular complexity index is 819. The maximum atomic E-state index is 11.9. The van der Waals surface area contributed by atoms with Gasteiger partial charge in [-0.15, -0.1) is 0 Å². The van der Waals surface area contributed by atoms with E-state index in [0.29, 0.717) is 23.9 Å². The topological polar surface area (TPSA) is 70.5 Å². The van der Waals surface area contributed by atoms with Crippen molar-refractivity contribution in [1.82, 2.24) is 9.97 Å². The molecular weight excluding hydrogens is 428 g/mol. The molecule has 0 amide bonds. The number of allylic oxidation sites excluding steroid dienone is 1. The van der Waals surface area contributed by atoms with Gasteiger partial charge >= 0.3 is 5.97 Å². The number of carbonyl (C=O) groups is 1. The van der Waals surface area contributed by atoms with Gasteiger partial charge in [0.05, 0.1) is 19.0 Å². The molecule has 6 nitrogen and oxygen atoms in total. The number of unbranched alkanes of at least 4 members (excludes halogenated alkanes) is 7. The van der Waals surface area contributed by atoms with Gasteiger partial charge < -0.3 is 14.2 Å². The Labute approximate surface area is 204 Å². The van der Waals surface area contributed by atoms with Crippen molar-refractivity contribution in [3.8, 4) is 22.9 Å². The van der Waals surface area contributed by atoms with E-state index < -0.39 is 0 Å². The van der Waals surface area contributed by atoms with Crippen molar-refractivity contribution in [1.29, 1.82) is 0 Å². The number of esters is 1. The number of hydrogen-bond acceptors (Lipinski definition) is 6. The third-order valence-corrected chi connectivity index (χ3v) is 5.28. The SMILES string of the molecule is CCCCC/C=C/C(=O)Oc1ccc(-c2ncc(OCCCCOCCCCCC)cn2)cc1. The van der Waals surface area contributed by atoms with Gasteiger partial charge in [0.2, 0.25) is 0 Å². The van der Waals surface area contributed by atoms with Crippen molar-refractivity contribution in [3.63, 3.8) is 0 Å². The third-order valence-electron chi connectivity index (χ3n) is 5.28. The second kappa shape index (κ2) is 17.7. The molecule has 0 atom stereocenters. The van der Waals surface area contributed by atoms with Crippen molar-refractivity contribution < 1.29 is 19.0 Å². The van der Waals surface area contributed by atoms with Crippen LogP contribution in [0.4, 0.5) is 0 Å². The van der Waals surface area contributed by atoms with E-state index in [-0.39, 0.29) is 5.97 Å². The summed E-state index contributed by atoms with van der Waals surface area (Å²) >= 11 is 0. The molecular formula is C28H40N2O4. The number of aromatic nitrogens is 2. The van der Waals surface area contributed by atoms with Crippen LogP contribution >= 0.6 is 0 Å². The molecule has 0 N–H and O–H groups in total. The fourth-order valence-corrected chi connectivity index (χ4v) is 3.28. The second-order valence-electron chi connectivity index (χ2n) is 8.31. The van der Waals surface area contributed by atoms with Crippen LogP contribution in [0, 0.1) is 0 Å². The van der Waals surface area contributed by atoms with Crippen molar-refractivity contribution >= 4 is 5.97 Å². The van der Waals surface area contributed by atoms with E-state index in [0.717, 1.165) is 50.9 Å². The number of nitrogens with zero attached hydrogens (tertiary/aromatic N) is 2. The van der Waals surface area contributed by atoms with Crippen LogP contribution in [0.1, 0.15) is 78.1 Å². The van der Waals surface area contributed by atoms with Crippen molar-refractivity contribution in [2.24, 2.45) is 0 Å². The Morgan fingerprint density at radius 3 is 2.15 bits per heavy atom. The molecule has 186 valence electrons. The molecule has 34 heavy (non-hydrogen) atoms. The number of carbonyl (C=O) groups excluding carboxylic acids is 1. The van der Waals surface area contributed by atoms with Gasteiger partial charge in [0.25, 0.3) is 0 Å². The summed E-state index contributed by atoms with van der Waals surface area (Å²) in [7, 11) is 0. The predicted molar refractivity (Wildman–Crippen MR) is 136 cm³/mol. The summed E-state index contributed by atoms with van der Waals surface area (Å²) in [5.74, 6) is 1.38. The standard InChI is InChI=1S/C28H40N2O4/c1-3-5-7-9-10-14-27(31)34-25-17-15-24(16-18-25)28-29-22-26(23-30-28)33-21-13-12-20-32-19-11-8-6-4-2/h10,14-18,22-23H,3-9,11-13,19-21H2,1-2H3/b14-10+. The lowest BCUT2D eigenvalue weighted by Crippen LogP contribution is -2.03. The van der Waals surface area contributed by atoms with Crippen LogP contribution in [0.5, 0.6) is 11.5 Å². The summed E-state index contributed by atoms with van der Waals surface area (Å²) in [4.78, 5) is 20.7. The van der Waals surface area contributed by atoms with Crippen LogP contribution < -0.4 is 9.47 Å². The van der Waals surface area contributed by atoms with E-state index in [1.807, 2.05) is 18.2 Å². The van der Waals surface area contributed by atoms with Crippen LogP contribution in [0.2, 0.25) is 0 Å². The Kier molecular flexibility index (Phi) is 14.3. The van der Waals surface area contributed by atoms with Gasteiger partial charge in [0.1, 0.15) is 5.75 Å². The van der Waals surface area contributed by atoms with Gasteiger partial charge in [0, 0.05) is 24.9 Å². The molecule has 0 radical (unpaired) electrons. The first kappa shape index (κ1) is 27.5. The van der Waals surface area contributed by atoms with Crippen LogP contribution in [0.25, 0.3) is 11.4 Å². The van der Waals surface area contributed by atoms with E-state index in [1.54, 1.807) is 24.5 Å². The molecule has 1 aromatic heterocycles. The monoisotopic (exact) mass is 468 g/mol. The first-order valence-corrected chi connectivity index (χ1v) is 12.7. The average Bonchev–Trinajstić information content (AvgIpc) is 2.86. The fourth-order valence-electron chi connectivity index (χ4n) is 3.28. The Morgan fingerprint density at radius 2 is 1.44 bits per heavy atom. The summed E-state index contributed by atoms with van der Waals surface area (Å²) in [6.45, 7) is 6.63. The largest absolute Gasteiger partial charge is 0.490 e. The van der Waals surface area contributed by atoms with Crippen molar-refractivity contribution in [2.45, 2.75) is 78.1 Å². The fraction of sp³-hybridized carbons (Fsp3) is 0.536. The average molecular weight is 469 g/mol. The smallest absolute Gasteiger partial charge is 0.335 e. The van der Waals surface area contributed by atoms with Gasteiger partial charge in [-0.25, -0.2) is 14.8 Å². The molecule has 0 unspecified atom stereocenters. The minimum absolute atomic E-state index is 0.361. The summed E-state index contributed by atoms with van der Waals surface area (Å²) in [5, 5.41) is 0. The Hall–Kier alpha value is -2.73. The van der Waals surface area contributed by atoms with E-state index in [9.17, 15) is 4.79 Å². The summed E-state index contributed by atoms with van der Waals surface area (Å²) in [6.07, 6.45) is 17.9. The maximum absolute atomic E-state index is 11.9. The summed E-state index contributed by atoms with van der Waals surface area (Å²) in [6, 6.07) is 7.17. The van der Waals surface area contributed by atoms with Gasteiger partial charge in [-0.05, 0) is 56.4 Å². The molecule has 0 fully saturated rings. The first-order chi connectivity index (χ1) is 16.7. The van der Waals surface area contributed by atoms with Crippen LogP contribution in [-0.2, 0) is 9.53 Å². The molecule has 1 heterocycles. The zero-order valence-corrected chi connectivity index (χ0v) is 20.8. The molecule has 0 aliphatic rings. The Morgan fingerprint density at radius 1 is 0.794 bits per heavy atom. The zero-order chi connectivity index (χ0) is 24.3. The van der Waals surface area contributed by atoms with E-state index in [1.165, 1.54) is 38.2 Å². The van der Waals surface area contributed by atoms with E-state index in [4.69, 9.17) is 14.2 Å². The Balaban J connectivity index is 1.66. The van der Waals surface area contributed by atoms with E-state index >= 15 is 0 Å². The van der Waals surface area contributed by atoms with E-state index in [2.05, 4.69) is 23.8 Å².